The van der Waals surface area contributed by atoms with Gasteiger partial charge in [0.05, 0.1) is 12.2 Å². The minimum Gasteiger partial charge on any atom is -0.360 e. The molecule has 19 heavy (non-hydrogen) atoms. The SMILES string of the molecule is Cc1cc(CN2CCC(NC(=O)C(C)C)CC2)on1. The first-order valence-corrected chi connectivity index (χ1v) is 6.99. The highest BCUT2D eigenvalue weighted by atomic mass is 16.5. The molecule has 106 valence electrons. The van der Waals surface area contributed by atoms with E-state index in [0.29, 0.717) is 6.04 Å². The summed E-state index contributed by atoms with van der Waals surface area (Å²) in [6, 6.07) is 2.30. The molecule has 0 unspecified atom stereocenters. The normalized spacial score (nSPS) is 17.9. The standard InChI is InChI=1S/C14H23N3O2/c1-10(2)14(18)15-12-4-6-17(7-5-12)9-13-8-11(3)16-19-13/h8,10,12H,4-7,9H2,1-3H3,(H,15,18). The van der Waals surface area contributed by atoms with Gasteiger partial charge in [-0.05, 0) is 19.8 Å². The zero-order chi connectivity index (χ0) is 13.8. The number of nitrogens with one attached hydrogen (secondary N) is 1. The third-order valence-corrected chi connectivity index (χ3v) is 3.51. The Kier molecular flexibility index (Phi) is 4.58. The Hall–Kier alpha value is -1.36. The summed E-state index contributed by atoms with van der Waals surface area (Å²) in [5.41, 5.74) is 0.925. The molecular weight excluding hydrogens is 242 g/mol. The van der Waals surface area contributed by atoms with Crippen molar-refractivity contribution in [3.8, 4) is 0 Å². The van der Waals surface area contributed by atoms with Crippen LogP contribution in [-0.2, 0) is 11.3 Å². The summed E-state index contributed by atoms with van der Waals surface area (Å²) in [6.45, 7) is 8.57. The van der Waals surface area contributed by atoms with Crippen molar-refractivity contribution in [2.24, 2.45) is 5.92 Å². The fourth-order valence-corrected chi connectivity index (χ4v) is 2.31. The highest BCUT2D eigenvalue weighted by Crippen LogP contribution is 2.14. The number of hydrogen-bond acceptors (Lipinski definition) is 4. The number of rotatable bonds is 4. The summed E-state index contributed by atoms with van der Waals surface area (Å²) in [5, 5.41) is 7.00. The van der Waals surface area contributed by atoms with Crippen molar-refractivity contribution in [2.75, 3.05) is 13.1 Å². The third kappa shape index (κ3) is 4.06. The molecule has 5 heteroatoms. The van der Waals surface area contributed by atoms with E-state index in [-0.39, 0.29) is 11.8 Å². The number of nitrogens with zero attached hydrogens (tertiary/aromatic N) is 2. The van der Waals surface area contributed by atoms with Gasteiger partial charge >= 0.3 is 0 Å². The maximum Gasteiger partial charge on any atom is 0.222 e. The van der Waals surface area contributed by atoms with Crippen molar-refractivity contribution in [1.29, 1.82) is 0 Å². The molecule has 1 fully saturated rings. The van der Waals surface area contributed by atoms with Gasteiger partial charge in [-0.3, -0.25) is 9.69 Å². The molecule has 1 amide bonds. The summed E-state index contributed by atoms with van der Waals surface area (Å²) in [4.78, 5) is 14.0. The first-order chi connectivity index (χ1) is 9.04. The van der Waals surface area contributed by atoms with Gasteiger partial charge in [-0.1, -0.05) is 19.0 Å². The lowest BCUT2D eigenvalue weighted by Gasteiger charge is -2.31. The lowest BCUT2D eigenvalue weighted by molar-refractivity contribution is -0.125. The number of hydrogen-bond donors (Lipinski definition) is 1. The van der Waals surface area contributed by atoms with E-state index in [1.54, 1.807) is 0 Å². The highest BCUT2D eigenvalue weighted by Gasteiger charge is 2.22. The Bertz CT molecular complexity index is 420. The Morgan fingerprint density at radius 1 is 1.53 bits per heavy atom. The lowest BCUT2D eigenvalue weighted by atomic mass is 10.0. The molecule has 0 bridgehead atoms. The predicted molar refractivity (Wildman–Crippen MR) is 72.5 cm³/mol. The highest BCUT2D eigenvalue weighted by molar-refractivity contribution is 5.78. The van der Waals surface area contributed by atoms with Crippen LogP contribution in [0.4, 0.5) is 0 Å². The van der Waals surface area contributed by atoms with Gasteiger partial charge in [-0.25, -0.2) is 0 Å². The van der Waals surface area contributed by atoms with E-state index in [4.69, 9.17) is 4.52 Å². The molecule has 1 aliphatic heterocycles. The van der Waals surface area contributed by atoms with Gasteiger partial charge in [-0.2, -0.15) is 0 Å². The Balaban J connectivity index is 1.75. The van der Waals surface area contributed by atoms with Crippen molar-refractivity contribution in [3.05, 3.63) is 17.5 Å². The van der Waals surface area contributed by atoms with E-state index in [1.165, 1.54) is 0 Å². The number of piperidine rings is 1. The topological polar surface area (TPSA) is 58.4 Å². The molecule has 0 aromatic carbocycles. The molecule has 0 atom stereocenters. The van der Waals surface area contributed by atoms with Gasteiger partial charge in [0.25, 0.3) is 0 Å². The molecule has 2 rings (SSSR count). The van der Waals surface area contributed by atoms with Gasteiger partial charge in [0.1, 0.15) is 0 Å². The molecule has 0 radical (unpaired) electrons. The number of aryl methyl sites for hydroxylation is 1. The van der Waals surface area contributed by atoms with Crippen molar-refractivity contribution in [3.63, 3.8) is 0 Å². The number of carbonyl (C=O) groups is 1. The minimum atomic E-state index is 0.0650. The van der Waals surface area contributed by atoms with Crippen molar-refractivity contribution < 1.29 is 9.32 Å². The molecule has 1 aromatic rings. The quantitative estimate of drug-likeness (QED) is 0.900. The molecule has 5 nitrogen and oxygen atoms in total. The van der Waals surface area contributed by atoms with Gasteiger partial charge in [0.2, 0.25) is 5.91 Å². The second-order valence-electron chi connectivity index (χ2n) is 5.65. The van der Waals surface area contributed by atoms with Crippen LogP contribution in [0.25, 0.3) is 0 Å². The summed E-state index contributed by atoms with van der Waals surface area (Å²) in [6.07, 6.45) is 2.01. The van der Waals surface area contributed by atoms with Gasteiger partial charge < -0.3 is 9.84 Å². The first-order valence-electron chi connectivity index (χ1n) is 6.99. The Labute approximate surface area is 114 Å². The van der Waals surface area contributed by atoms with Crippen molar-refractivity contribution in [2.45, 2.75) is 46.2 Å². The molecule has 1 aliphatic rings. The van der Waals surface area contributed by atoms with E-state index in [9.17, 15) is 4.79 Å². The maximum absolute atomic E-state index is 11.6. The van der Waals surface area contributed by atoms with E-state index in [1.807, 2.05) is 26.8 Å². The molecule has 1 aromatic heterocycles. The van der Waals surface area contributed by atoms with Crippen LogP contribution in [0.3, 0.4) is 0 Å². The van der Waals surface area contributed by atoms with Gasteiger partial charge in [0.15, 0.2) is 5.76 Å². The van der Waals surface area contributed by atoms with Crippen molar-refractivity contribution >= 4 is 5.91 Å². The van der Waals surface area contributed by atoms with Crippen LogP contribution in [0, 0.1) is 12.8 Å². The molecule has 0 saturated carbocycles. The van der Waals surface area contributed by atoms with Crippen LogP contribution in [0.15, 0.2) is 10.6 Å². The van der Waals surface area contributed by atoms with E-state index in [2.05, 4.69) is 15.4 Å². The first kappa shape index (κ1) is 14.1. The summed E-state index contributed by atoms with van der Waals surface area (Å²) >= 11 is 0. The molecule has 1 N–H and O–H groups in total. The van der Waals surface area contributed by atoms with Crippen LogP contribution in [0.5, 0.6) is 0 Å². The van der Waals surface area contributed by atoms with Crippen LogP contribution >= 0.6 is 0 Å². The van der Waals surface area contributed by atoms with E-state index >= 15 is 0 Å². The predicted octanol–water partition coefficient (Wildman–Crippen LogP) is 1.72. The average Bonchev–Trinajstić information content (AvgIpc) is 2.77. The second-order valence-corrected chi connectivity index (χ2v) is 5.65. The monoisotopic (exact) mass is 265 g/mol. The fourth-order valence-electron chi connectivity index (χ4n) is 2.31. The smallest absolute Gasteiger partial charge is 0.222 e. The summed E-state index contributed by atoms with van der Waals surface area (Å²) in [7, 11) is 0. The third-order valence-electron chi connectivity index (χ3n) is 3.51. The largest absolute Gasteiger partial charge is 0.360 e. The van der Waals surface area contributed by atoms with E-state index in [0.717, 1.165) is 43.9 Å². The number of carbonyl (C=O) groups excluding carboxylic acids is 1. The minimum absolute atomic E-state index is 0.0650. The van der Waals surface area contributed by atoms with Crippen LogP contribution in [0.2, 0.25) is 0 Å². The molecular formula is C14H23N3O2. The number of aromatic nitrogens is 1. The lowest BCUT2D eigenvalue weighted by Crippen LogP contribution is -2.45. The molecule has 2 heterocycles. The zero-order valence-electron chi connectivity index (χ0n) is 12.0. The second kappa shape index (κ2) is 6.19. The van der Waals surface area contributed by atoms with Crippen LogP contribution in [0.1, 0.15) is 38.1 Å². The van der Waals surface area contributed by atoms with Crippen LogP contribution < -0.4 is 5.32 Å². The molecule has 0 spiro atoms. The maximum atomic E-state index is 11.6. The Morgan fingerprint density at radius 2 is 2.21 bits per heavy atom. The zero-order valence-corrected chi connectivity index (χ0v) is 12.0. The van der Waals surface area contributed by atoms with E-state index < -0.39 is 0 Å². The summed E-state index contributed by atoms with van der Waals surface area (Å²) < 4.78 is 5.23. The average molecular weight is 265 g/mol. The van der Waals surface area contributed by atoms with Gasteiger partial charge in [0, 0.05) is 31.1 Å². The number of amides is 1. The Morgan fingerprint density at radius 3 is 2.74 bits per heavy atom. The molecule has 1 saturated heterocycles. The fraction of sp³-hybridized carbons (Fsp3) is 0.714. The van der Waals surface area contributed by atoms with Crippen molar-refractivity contribution in [1.82, 2.24) is 15.4 Å². The van der Waals surface area contributed by atoms with Gasteiger partial charge in [-0.15, -0.1) is 0 Å². The summed E-state index contributed by atoms with van der Waals surface area (Å²) in [5.74, 6) is 1.14. The van der Waals surface area contributed by atoms with Crippen LogP contribution in [-0.4, -0.2) is 35.1 Å². The molecule has 0 aliphatic carbocycles. The number of likely N-dealkylation sites (tertiary alicyclic amines) is 1.